The highest BCUT2D eigenvalue weighted by Crippen LogP contribution is 2.34. The molecule has 2 N–H and O–H groups in total. The molecule has 2 rings (SSSR count). The molecule has 4 nitrogen and oxygen atoms in total. The van der Waals surface area contributed by atoms with E-state index in [1.165, 1.54) is 0 Å². The van der Waals surface area contributed by atoms with Crippen LogP contribution in [0.15, 0.2) is 18.2 Å². The zero-order chi connectivity index (χ0) is 11.5. The maximum Gasteiger partial charge on any atom is 0.231 e. The van der Waals surface area contributed by atoms with Crippen LogP contribution < -0.4 is 14.8 Å². The van der Waals surface area contributed by atoms with Gasteiger partial charge in [0.2, 0.25) is 6.79 Å². The molecule has 88 valence electrons. The van der Waals surface area contributed by atoms with Gasteiger partial charge < -0.3 is 19.9 Å². The van der Waals surface area contributed by atoms with Gasteiger partial charge >= 0.3 is 0 Å². The van der Waals surface area contributed by atoms with Gasteiger partial charge in [-0.1, -0.05) is 6.07 Å². The highest BCUT2D eigenvalue weighted by molar-refractivity contribution is 5.45. The summed E-state index contributed by atoms with van der Waals surface area (Å²) in [6.45, 7) is 4.44. The third-order valence-corrected chi connectivity index (χ3v) is 2.71. The molecular weight excluding hydrogens is 206 g/mol. The minimum atomic E-state index is 0.0837. The molecule has 0 spiro atoms. The number of nitrogens with one attached hydrogen (secondary N) is 1. The molecule has 0 radical (unpaired) electrons. The fraction of sp³-hybridized carbons (Fsp3) is 0.500. The first-order valence-electron chi connectivity index (χ1n) is 5.47. The second kappa shape index (κ2) is 4.72. The number of hydrogen-bond acceptors (Lipinski definition) is 4. The van der Waals surface area contributed by atoms with Gasteiger partial charge in [-0.25, -0.2) is 0 Å². The Hall–Kier alpha value is -1.26. The van der Waals surface area contributed by atoms with Gasteiger partial charge in [0.25, 0.3) is 0 Å². The van der Waals surface area contributed by atoms with Crippen molar-refractivity contribution in [1.82, 2.24) is 5.32 Å². The molecule has 0 bridgehead atoms. The van der Waals surface area contributed by atoms with Gasteiger partial charge in [-0.3, -0.25) is 0 Å². The molecule has 1 aliphatic rings. The molecule has 0 amide bonds. The summed E-state index contributed by atoms with van der Waals surface area (Å²) in [6, 6.07) is 6.16. The zero-order valence-corrected chi connectivity index (χ0v) is 9.56. The lowest BCUT2D eigenvalue weighted by molar-refractivity contribution is 0.174. The van der Waals surface area contributed by atoms with Crippen LogP contribution in [0.25, 0.3) is 0 Å². The molecule has 1 aromatic rings. The van der Waals surface area contributed by atoms with Crippen molar-refractivity contribution in [2.45, 2.75) is 25.9 Å². The summed E-state index contributed by atoms with van der Waals surface area (Å²) < 4.78 is 10.6. The fourth-order valence-corrected chi connectivity index (χ4v) is 1.76. The van der Waals surface area contributed by atoms with E-state index in [-0.39, 0.29) is 18.7 Å². The molecule has 1 aliphatic heterocycles. The van der Waals surface area contributed by atoms with E-state index < -0.39 is 0 Å². The van der Waals surface area contributed by atoms with Gasteiger partial charge in [-0.15, -0.1) is 0 Å². The quantitative estimate of drug-likeness (QED) is 0.811. The van der Waals surface area contributed by atoms with E-state index >= 15 is 0 Å². The summed E-state index contributed by atoms with van der Waals surface area (Å²) in [5, 5.41) is 12.3. The van der Waals surface area contributed by atoms with E-state index in [9.17, 15) is 0 Å². The maximum atomic E-state index is 8.98. The summed E-state index contributed by atoms with van der Waals surface area (Å²) in [4.78, 5) is 0. The lowest BCUT2D eigenvalue weighted by Gasteiger charge is -2.18. The minimum Gasteiger partial charge on any atom is -0.454 e. The van der Waals surface area contributed by atoms with Gasteiger partial charge in [0.1, 0.15) is 0 Å². The van der Waals surface area contributed by atoms with Crippen LogP contribution in [0.4, 0.5) is 0 Å². The highest BCUT2D eigenvalue weighted by Gasteiger charge is 2.16. The monoisotopic (exact) mass is 223 g/mol. The second-order valence-electron chi connectivity index (χ2n) is 4.08. The van der Waals surface area contributed by atoms with E-state index in [1.807, 2.05) is 25.1 Å². The lowest BCUT2D eigenvalue weighted by Crippen LogP contribution is -2.31. The van der Waals surface area contributed by atoms with Crippen LogP contribution in [0.2, 0.25) is 0 Å². The third kappa shape index (κ3) is 2.28. The van der Waals surface area contributed by atoms with Crippen LogP contribution in [0, 0.1) is 0 Å². The normalized spacial score (nSPS) is 17.2. The van der Waals surface area contributed by atoms with Crippen molar-refractivity contribution in [1.29, 1.82) is 0 Å². The summed E-state index contributed by atoms with van der Waals surface area (Å²) in [6.07, 6.45) is 0. The van der Waals surface area contributed by atoms with Crippen molar-refractivity contribution in [2.24, 2.45) is 0 Å². The molecule has 16 heavy (non-hydrogen) atoms. The first-order valence-corrected chi connectivity index (χ1v) is 5.47. The molecule has 0 fully saturated rings. The van der Waals surface area contributed by atoms with Crippen LogP contribution in [0.5, 0.6) is 11.5 Å². The summed E-state index contributed by atoms with van der Waals surface area (Å²) in [5.41, 5.74) is 1.13. The van der Waals surface area contributed by atoms with Crippen LogP contribution in [-0.2, 0) is 0 Å². The lowest BCUT2D eigenvalue weighted by atomic mass is 10.1. The van der Waals surface area contributed by atoms with Crippen LogP contribution in [0.1, 0.15) is 25.5 Å². The Morgan fingerprint density at radius 3 is 2.81 bits per heavy atom. The topological polar surface area (TPSA) is 50.7 Å². The minimum absolute atomic E-state index is 0.0837. The largest absolute Gasteiger partial charge is 0.454 e. The first kappa shape index (κ1) is 11.2. The molecule has 4 heteroatoms. The number of rotatable bonds is 4. The maximum absolute atomic E-state index is 8.98. The number of aliphatic hydroxyl groups excluding tert-OH is 1. The number of aliphatic hydroxyl groups is 1. The van der Waals surface area contributed by atoms with Crippen molar-refractivity contribution in [2.75, 3.05) is 13.4 Å². The average molecular weight is 223 g/mol. The van der Waals surface area contributed by atoms with E-state index in [1.54, 1.807) is 0 Å². The van der Waals surface area contributed by atoms with Gasteiger partial charge in [0.05, 0.1) is 6.61 Å². The van der Waals surface area contributed by atoms with Gasteiger partial charge in [-0.2, -0.15) is 0 Å². The Labute approximate surface area is 95.2 Å². The highest BCUT2D eigenvalue weighted by atomic mass is 16.7. The molecular formula is C12H17NO3. The Kier molecular flexibility index (Phi) is 3.31. The zero-order valence-electron chi connectivity index (χ0n) is 9.56. The van der Waals surface area contributed by atoms with Crippen molar-refractivity contribution in [3.8, 4) is 11.5 Å². The SMILES string of the molecule is CC(N[C@H](C)CO)c1ccc2c(c1)OCO2. The standard InChI is InChI=1S/C12H17NO3/c1-8(6-14)13-9(2)10-3-4-11-12(5-10)16-7-15-11/h3-5,8-9,13-14H,6-7H2,1-2H3/t8-,9?/m1/s1. The average Bonchev–Trinajstić information content (AvgIpc) is 2.75. The van der Waals surface area contributed by atoms with E-state index in [4.69, 9.17) is 14.6 Å². The number of benzene rings is 1. The van der Waals surface area contributed by atoms with Crippen molar-refractivity contribution in [3.63, 3.8) is 0 Å². The van der Waals surface area contributed by atoms with Gasteiger partial charge in [0, 0.05) is 12.1 Å². The number of hydrogen-bond donors (Lipinski definition) is 2. The Morgan fingerprint density at radius 2 is 2.06 bits per heavy atom. The molecule has 0 saturated heterocycles. The second-order valence-corrected chi connectivity index (χ2v) is 4.08. The molecule has 1 unspecified atom stereocenters. The third-order valence-electron chi connectivity index (χ3n) is 2.71. The van der Waals surface area contributed by atoms with E-state index in [0.29, 0.717) is 6.79 Å². The van der Waals surface area contributed by atoms with Gasteiger partial charge in [-0.05, 0) is 31.5 Å². The van der Waals surface area contributed by atoms with Gasteiger partial charge in [0.15, 0.2) is 11.5 Å². The molecule has 1 heterocycles. The van der Waals surface area contributed by atoms with Crippen molar-refractivity contribution >= 4 is 0 Å². The summed E-state index contributed by atoms with van der Waals surface area (Å²) >= 11 is 0. The van der Waals surface area contributed by atoms with E-state index in [0.717, 1.165) is 17.1 Å². The van der Waals surface area contributed by atoms with E-state index in [2.05, 4.69) is 12.2 Å². The Bertz CT molecular complexity index is 367. The van der Waals surface area contributed by atoms with Crippen molar-refractivity contribution in [3.05, 3.63) is 23.8 Å². The van der Waals surface area contributed by atoms with Crippen LogP contribution in [-0.4, -0.2) is 24.5 Å². The molecule has 0 aromatic heterocycles. The smallest absolute Gasteiger partial charge is 0.231 e. The van der Waals surface area contributed by atoms with Crippen molar-refractivity contribution < 1.29 is 14.6 Å². The Balaban J connectivity index is 2.09. The summed E-state index contributed by atoms with van der Waals surface area (Å²) in [5.74, 6) is 1.59. The van der Waals surface area contributed by atoms with Crippen LogP contribution in [0.3, 0.4) is 0 Å². The predicted octanol–water partition coefficient (Wildman–Crippen LogP) is 1.45. The summed E-state index contributed by atoms with van der Waals surface area (Å²) in [7, 11) is 0. The Morgan fingerprint density at radius 1 is 1.31 bits per heavy atom. The number of fused-ring (bicyclic) bond motifs is 1. The first-order chi connectivity index (χ1) is 7.70. The van der Waals surface area contributed by atoms with Crippen LogP contribution >= 0.6 is 0 Å². The fourth-order valence-electron chi connectivity index (χ4n) is 1.76. The molecule has 0 aliphatic carbocycles. The number of ether oxygens (including phenoxy) is 2. The molecule has 1 aromatic carbocycles. The predicted molar refractivity (Wildman–Crippen MR) is 60.7 cm³/mol. The molecule has 2 atom stereocenters. The molecule has 0 saturated carbocycles.